The largest absolute Gasteiger partial charge is 0.498 e. The van der Waals surface area contributed by atoms with E-state index < -0.39 is 30.6 Å². The maximum atomic E-state index is 12.7. The number of carboxylic acids is 1. The molecule has 0 saturated carbocycles. The van der Waals surface area contributed by atoms with Gasteiger partial charge >= 0.3 is 5.97 Å². The number of allylic oxidation sites excluding steroid dienone is 7. The van der Waals surface area contributed by atoms with Crippen molar-refractivity contribution in [3.8, 4) is 18.1 Å². The highest BCUT2D eigenvalue weighted by atomic mass is 19.3. The van der Waals surface area contributed by atoms with Crippen LogP contribution in [0.2, 0.25) is 0 Å². The number of alkyl halides is 3. The van der Waals surface area contributed by atoms with Crippen LogP contribution in [0.15, 0.2) is 97.9 Å². The van der Waals surface area contributed by atoms with Crippen LogP contribution in [-0.2, 0) is 25.6 Å². The minimum Gasteiger partial charge on any atom is -0.498 e. The van der Waals surface area contributed by atoms with Crippen LogP contribution in [0.3, 0.4) is 0 Å². The van der Waals surface area contributed by atoms with E-state index in [0.29, 0.717) is 37.8 Å². The molecule has 55 heavy (non-hydrogen) atoms. The number of aliphatic carboxylic acids is 1. The van der Waals surface area contributed by atoms with Crippen LogP contribution in [0.5, 0.6) is 5.75 Å². The second-order valence-electron chi connectivity index (χ2n) is 12.2. The zero-order valence-electron chi connectivity index (χ0n) is 35.2. The lowest BCUT2D eigenvalue weighted by molar-refractivity contribution is -0.152. The van der Waals surface area contributed by atoms with Crippen LogP contribution in [0.4, 0.5) is 13.2 Å². The first-order valence-electron chi connectivity index (χ1n) is 18.1. The molecule has 1 aromatic carbocycles. The average Bonchev–Trinajstić information content (AvgIpc) is 3.16. The van der Waals surface area contributed by atoms with Crippen molar-refractivity contribution >= 4 is 11.9 Å². The molecule has 0 bridgehead atoms. The first kappa shape index (κ1) is 57.2. The summed E-state index contributed by atoms with van der Waals surface area (Å²) in [6, 6.07) is 7.09. The van der Waals surface area contributed by atoms with E-state index in [1.807, 2.05) is 76.8 Å². The van der Waals surface area contributed by atoms with E-state index in [-0.39, 0.29) is 24.4 Å². The summed E-state index contributed by atoms with van der Waals surface area (Å²) in [6.07, 6.45) is 16.0. The summed E-state index contributed by atoms with van der Waals surface area (Å²) in [5.41, 5.74) is 0.546. The van der Waals surface area contributed by atoms with Crippen molar-refractivity contribution in [2.24, 2.45) is 5.92 Å². The van der Waals surface area contributed by atoms with Crippen molar-refractivity contribution in [3.63, 3.8) is 0 Å². The standard InChI is InChI=1S/C20H30N2O5.C15H21F3O.C4H8.C3H4.C2H6/c1-6-15(2)21-18(23)14-22(11-12-26-5)13-16-7-9-17(10-8-16)27-20(3,4)19(24)25;1-5-6-7-12(2)13(3)10-19-14(4)8-9-15(17,18)11-16;1-3-4-2;1-3-2;1-2/h6-10,15H,1,11-14H2,2-5H3,(H,21,23)(H,24,25);5-8,13H,1-2,9-11H2,3-4H3;3-4H,1-2H3;1H,2H3;1-2H3/b;7-6-,14-8+;4-3-;;. The smallest absolute Gasteiger partial charge is 0.347 e. The summed E-state index contributed by atoms with van der Waals surface area (Å²) < 4.78 is 53.2. The summed E-state index contributed by atoms with van der Waals surface area (Å²) >= 11 is 0. The lowest BCUT2D eigenvalue weighted by atomic mass is 10.0. The quantitative estimate of drug-likeness (QED) is 0.0555. The minimum atomic E-state index is -3.31. The topological polar surface area (TPSA) is 97.3 Å². The molecule has 0 radical (unpaired) electrons. The Morgan fingerprint density at radius 2 is 1.65 bits per heavy atom. The number of methoxy groups -OCH3 is 1. The Morgan fingerprint density at radius 1 is 1.11 bits per heavy atom. The van der Waals surface area contributed by atoms with Crippen LogP contribution in [-0.4, -0.2) is 79.5 Å². The van der Waals surface area contributed by atoms with E-state index in [1.54, 1.807) is 51.3 Å². The number of terminal acetylenes is 1. The van der Waals surface area contributed by atoms with Gasteiger partial charge in [0.15, 0.2) is 12.3 Å². The summed E-state index contributed by atoms with van der Waals surface area (Å²) in [5.74, 6) is -1.28. The van der Waals surface area contributed by atoms with Gasteiger partial charge in [-0.05, 0) is 77.8 Å². The van der Waals surface area contributed by atoms with Gasteiger partial charge in [-0.3, -0.25) is 9.69 Å². The fraction of sp³-hybridized carbons (Fsp3) is 0.500. The number of benzene rings is 1. The van der Waals surface area contributed by atoms with Gasteiger partial charge in [-0.1, -0.05) is 82.5 Å². The van der Waals surface area contributed by atoms with Crippen molar-refractivity contribution in [3.05, 3.63) is 103 Å². The Kier molecular flexibility index (Phi) is 36.6. The molecule has 0 aliphatic heterocycles. The Labute approximate surface area is 330 Å². The number of amides is 1. The molecule has 0 spiro atoms. The number of nitrogens with one attached hydrogen (secondary N) is 1. The molecule has 0 heterocycles. The van der Waals surface area contributed by atoms with Gasteiger partial charge in [0.25, 0.3) is 5.92 Å². The second kappa shape index (κ2) is 35.2. The summed E-state index contributed by atoms with van der Waals surface area (Å²) in [5, 5.41) is 12.0. The molecule has 1 aromatic rings. The molecule has 0 saturated heterocycles. The molecule has 312 valence electrons. The highest BCUT2D eigenvalue weighted by Gasteiger charge is 2.29. The maximum absolute atomic E-state index is 12.7. The molecular weight excluding hydrogens is 709 g/mol. The first-order chi connectivity index (χ1) is 25.8. The molecule has 0 aliphatic rings. The fourth-order valence-electron chi connectivity index (χ4n) is 3.38. The Bertz CT molecular complexity index is 1330. The van der Waals surface area contributed by atoms with Gasteiger partial charge in [0.05, 0.1) is 25.5 Å². The van der Waals surface area contributed by atoms with Gasteiger partial charge in [-0.15, -0.1) is 18.9 Å². The molecular formula is C44H69F3N2O6. The van der Waals surface area contributed by atoms with Crippen LogP contribution < -0.4 is 10.1 Å². The van der Waals surface area contributed by atoms with Crippen molar-refractivity contribution in [1.82, 2.24) is 10.2 Å². The number of hydrogen-bond donors (Lipinski definition) is 2. The average molecular weight is 779 g/mol. The number of halogens is 3. The molecule has 8 nitrogen and oxygen atoms in total. The molecule has 2 unspecified atom stereocenters. The number of carboxylic acid groups (broad SMARTS) is 1. The van der Waals surface area contributed by atoms with Gasteiger partial charge in [-0.25, -0.2) is 18.0 Å². The molecule has 2 atom stereocenters. The molecule has 1 rings (SSSR count). The monoisotopic (exact) mass is 779 g/mol. The number of carbonyl (C=O) groups excluding carboxylic acids is 1. The molecule has 11 heteroatoms. The van der Waals surface area contributed by atoms with E-state index in [1.165, 1.54) is 19.9 Å². The predicted molar refractivity (Wildman–Crippen MR) is 223 cm³/mol. The molecule has 0 fully saturated rings. The first-order valence-corrected chi connectivity index (χ1v) is 18.1. The third-order valence-corrected chi connectivity index (χ3v) is 6.80. The van der Waals surface area contributed by atoms with Gasteiger partial charge < -0.3 is 24.6 Å². The number of carbonyl (C=O) groups is 2. The third kappa shape index (κ3) is 33.8. The van der Waals surface area contributed by atoms with E-state index in [9.17, 15) is 22.8 Å². The van der Waals surface area contributed by atoms with Crippen LogP contribution in [0.25, 0.3) is 0 Å². The van der Waals surface area contributed by atoms with E-state index in [0.717, 1.165) is 11.1 Å². The van der Waals surface area contributed by atoms with Gasteiger partial charge in [-0.2, -0.15) is 0 Å². The van der Waals surface area contributed by atoms with Crippen molar-refractivity contribution in [1.29, 1.82) is 0 Å². The lowest BCUT2D eigenvalue weighted by Gasteiger charge is -2.23. The van der Waals surface area contributed by atoms with Crippen LogP contribution in [0, 0.1) is 18.3 Å². The van der Waals surface area contributed by atoms with Gasteiger partial charge in [0.1, 0.15) is 5.75 Å². The summed E-state index contributed by atoms with van der Waals surface area (Å²) in [6.45, 7) is 29.7. The highest BCUT2D eigenvalue weighted by Crippen LogP contribution is 2.22. The summed E-state index contributed by atoms with van der Waals surface area (Å²) in [7, 11) is 1.62. The van der Waals surface area contributed by atoms with E-state index in [4.69, 9.17) is 19.3 Å². The number of ether oxygens (including phenoxy) is 3. The highest BCUT2D eigenvalue weighted by molar-refractivity contribution is 5.78. The van der Waals surface area contributed by atoms with E-state index >= 15 is 0 Å². The van der Waals surface area contributed by atoms with Crippen LogP contribution in [0.1, 0.15) is 81.2 Å². The molecule has 0 aliphatic carbocycles. The zero-order valence-corrected chi connectivity index (χ0v) is 35.2. The Balaban J connectivity index is -0.000000403. The Hall–Kier alpha value is -4.53. The minimum absolute atomic E-state index is 0.0567. The predicted octanol–water partition coefficient (Wildman–Crippen LogP) is 10.2. The third-order valence-electron chi connectivity index (χ3n) is 6.80. The summed E-state index contributed by atoms with van der Waals surface area (Å²) in [4.78, 5) is 25.3. The molecule has 2 N–H and O–H groups in total. The number of nitrogens with zero attached hydrogens (tertiary/aromatic N) is 1. The van der Waals surface area contributed by atoms with Gasteiger partial charge in [0, 0.05) is 38.6 Å². The van der Waals surface area contributed by atoms with Crippen molar-refractivity contribution in [2.45, 2.75) is 99.8 Å². The SMILES string of the molecule is C#CC.C/C=C\C.C=C/C=C\C(=C)C(C)CO/C(C)=C/CC(F)(F)CF.C=CC(C)NC(=O)CN(CCOC)Cc1ccc(OC(C)(C)C(=O)O)cc1.CC. The maximum Gasteiger partial charge on any atom is 0.347 e. The normalized spacial score (nSPS) is 12.1. The number of rotatable bonds is 21. The van der Waals surface area contributed by atoms with Crippen molar-refractivity contribution < 1.29 is 42.1 Å². The Morgan fingerprint density at radius 3 is 2.09 bits per heavy atom. The zero-order chi connectivity index (χ0) is 43.5. The molecule has 0 aromatic heterocycles. The van der Waals surface area contributed by atoms with E-state index in [2.05, 4.69) is 37.4 Å². The van der Waals surface area contributed by atoms with Gasteiger partial charge in [0.2, 0.25) is 5.91 Å². The lowest BCUT2D eigenvalue weighted by Crippen LogP contribution is -2.41. The van der Waals surface area contributed by atoms with Crippen LogP contribution >= 0.6 is 0 Å². The number of hydrogen-bond acceptors (Lipinski definition) is 6. The molecule has 1 amide bonds. The second-order valence-corrected chi connectivity index (χ2v) is 12.2. The van der Waals surface area contributed by atoms with Crippen molar-refractivity contribution in [2.75, 3.05) is 40.1 Å². The fourth-order valence-corrected chi connectivity index (χ4v) is 3.38.